The van der Waals surface area contributed by atoms with Crippen LogP contribution in [0.15, 0.2) is 0 Å². The zero-order valence-electron chi connectivity index (χ0n) is 8.94. The highest BCUT2D eigenvalue weighted by molar-refractivity contribution is 6.43. The largest absolute Gasteiger partial charge is 0.454 e. The van der Waals surface area contributed by atoms with Gasteiger partial charge in [-0.1, -0.05) is 26.7 Å². The summed E-state index contributed by atoms with van der Waals surface area (Å²) in [7, 11) is -1.20. The van der Waals surface area contributed by atoms with E-state index < -0.39 is 7.12 Å². The van der Waals surface area contributed by atoms with Crippen LogP contribution in [0.25, 0.3) is 0 Å². The minimum atomic E-state index is -1.20. The maximum absolute atomic E-state index is 11.6. The van der Waals surface area contributed by atoms with Crippen molar-refractivity contribution in [2.75, 3.05) is 0 Å². The van der Waals surface area contributed by atoms with Gasteiger partial charge in [0.25, 0.3) is 0 Å². The molecule has 0 aromatic carbocycles. The van der Waals surface area contributed by atoms with Gasteiger partial charge in [-0.25, -0.2) is 0 Å². The van der Waals surface area contributed by atoms with Crippen molar-refractivity contribution in [2.45, 2.75) is 45.3 Å². The Kier molecular flexibility index (Phi) is 4.14. The maximum Gasteiger partial charge on any atom is 0.454 e. The molecule has 0 spiro atoms. The Morgan fingerprint density at radius 2 is 1.71 bits per heavy atom. The van der Waals surface area contributed by atoms with E-state index in [1.165, 1.54) is 0 Å². The predicted octanol–water partition coefficient (Wildman–Crippen LogP) is 1.24. The van der Waals surface area contributed by atoms with E-state index in [0.717, 1.165) is 25.7 Å². The standard InChI is InChI=1S/C10H19BO3/c1-7(2)10(12)8-3-5-9(6-4-8)11(13)14/h7-9,13-14H,3-6H2,1-2H3. The van der Waals surface area contributed by atoms with E-state index in [1.54, 1.807) is 0 Å². The second-order valence-electron chi connectivity index (χ2n) is 4.58. The molecule has 0 radical (unpaired) electrons. The van der Waals surface area contributed by atoms with Crippen LogP contribution in [0.3, 0.4) is 0 Å². The molecule has 80 valence electrons. The number of hydrogen-bond acceptors (Lipinski definition) is 3. The fourth-order valence-electron chi connectivity index (χ4n) is 2.17. The van der Waals surface area contributed by atoms with Crippen LogP contribution >= 0.6 is 0 Å². The number of ketones is 1. The third kappa shape index (κ3) is 2.82. The van der Waals surface area contributed by atoms with Gasteiger partial charge in [0.1, 0.15) is 5.78 Å². The molecule has 0 bridgehead atoms. The second-order valence-corrected chi connectivity index (χ2v) is 4.58. The summed E-state index contributed by atoms with van der Waals surface area (Å²) >= 11 is 0. The van der Waals surface area contributed by atoms with E-state index in [9.17, 15) is 4.79 Å². The monoisotopic (exact) mass is 198 g/mol. The molecule has 14 heavy (non-hydrogen) atoms. The zero-order valence-corrected chi connectivity index (χ0v) is 8.94. The third-order valence-corrected chi connectivity index (χ3v) is 3.16. The lowest BCUT2D eigenvalue weighted by atomic mass is 9.62. The molecule has 0 heterocycles. The SMILES string of the molecule is CC(C)C(=O)C1CCC(B(O)O)CC1. The first kappa shape index (κ1) is 11.7. The first-order valence-electron chi connectivity index (χ1n) is 5.42. The van der Waals surface area contributed by atoms with Crippen LogP contribution in [0, 0.1) is 11.8 Å². The number of hydrogen-bond donors (Lipinski definition) is 2. The molecule has 2 N–H and O–H groups in total. The van der Waals surface area contributed by atoms with Crippen molar-refractivity contribution in [2.24, 2.45) is 11.8 Å². The summed E-state index contributed by atoms with van der Waals surface area (Å²) in [5.74, 6) is 0.572. The lowest BCUT2D eigenvalue weighted by molar-refractivity contribution is -0.126. The van der Waals surface area contributed by atoms with E-state index in [2.05, 4.69) is 0 Å². The van der Waals surface area contributed by atoms with E-state index in [4.69, 9.17) is 10.0 Å². The Bertz CT molecular complexity index is 196. The molecule has 0 saturated heterocycles. The molecule has 0 atom stereocenters. The minimum Gasteiger partial charge on any atom is -0.427 e. The van der Waals surface area contributed by atoms with Gasteiger partial charge in [-0.2, -0.15) is 0 Å². The van der Waals surface area contributed by atoms with E-state index in [0.29, 0.717) is 5.78 Å². The van der Waals surface area contributed by atoms with Crippen molar-refractivity contribution in [3.8, 4) is 0 Å². The van der Waals surface area contributed by atoms with Gasteiger partial charge in [-0.05, 0) is 18.7 Å². The molecule has 0 aliphatic heterocycles. The maximum atomic E-state index is 11.6. The van der Waals surface area contributed by atoms with Crippen molar-refractivity contribution in [3.63, 3.8) is 0 Å². The lowest BCUT2D eigenvalue weighted by Crippen LogP contribution is -2.29. The van der Waals surface area contributed by atoms with Crippen molar-refractivity contribution in [3.05, 3.63) is 0 Å². The Labute approximate surface area is 85.7 Å². The van der Waals surface area contributed by atoms with Crippen LogP contribution in [0.4, 0.5) is 0 Å². The van der Waals surface area contributed by atoms with E-state index in [-0.39, 0.29) is 17.7 Å². The summed E-state index contributed by atoms with van der Waals surface area (Å²) in [5.41, 5.74) is 0. The van der Waals surface area contributed by atoms with Gasteiger partial charge in [0.05, 0.1) is 0 Å². The normalized spacial score (nSPS) is 27.8. The van der Waals surface area contributed by atoms with Crippen LogP contribution in [0.1, 0.15) is 39.5 Å². The number of carbonyl (C=O) groups excluding carboxylic acids is 1. The summed E-state index contributed by atoms with van der Waals surface area (Å²) in [6.07, 6.45) is 3.17. The molecular formula is C10H19BO3. The van der Waals surface area contributed by atoms with Crippen molar-refractivity contribution in [1.29, 1.82) is 0 Å². The van der Waals surface area contributed by atoms with Crippen LogP contribution in [0.2, 0.25) is 5.82 Å². The molecule has 1 saturated carbocycles. The van der Waals surface area contributed by atoms with Crippen LogP contribution in [0.5, 0.6) is 0 Å². The fourth-order valence-corrected chi connectivity index (χ4v) is 2.17. The van der Waals surface area contributed by atoms with Gasteiger partial charge < -0.3 is 10.0 Å². The van der Waals surface area contributed by atoms with Gasteiger partial charge >= 0.3 is 7.12 Å². The number of Topliss-reactive ketones (excluding diaryl/α,β-unsaturated/α-hetero) is 1. The molecule has 4 heteroatoms. The van der Waals surface area contributed by atoms with Gasteiger partial charge in [0.2, 0.25) is 0 Å². The highest BCUT2D eigenvalue weighted by Gasteiger charge is 2.32. The average Bonchev–Trinajstić information content (AvgIpc) is 2.16. The van der Waals surface area contributed by atoms with Crippen molar-refractivity contribution >= 4 is 12.9 Å². The highest BCUT2D eigenvalue weighted by atomic mass is 16.4. The molecule has 0 aromatic heterocycles. The van der Waals surface area contributed by atoms with Crippen molar-refractivity contribution in [1.82, 2.24) is 0 Å². The van der Waals surface area contributed by atoms with Gasteiger partial charge in [0, 0.05) is 11.8 Å². The Hall–Kier alpha value is -0.345. The van der Waals surface area contributed by atoms with Crippen molar-refractivity contribution < 1.29 is 14.8 Å². The Morgan fingerprint density at radius 3 is 2.07 bits per heavy atom. The van der Waals surface area contributed by atoms with Gasteiger partial charge in [-0.3, -0.25) is 4.79 Å². The summed E-state index contributed by atoms with van der Waals surface area (Å²) in [4.78, 5) is 11.6. The number of rotatable bonds is 3. The fraction of sp³-hybridized carbons (Fsp3) is 0.900. The molecule has 3 nitrogen and oxygen atoms in total. The van der Waals surface area contributed by atoms with Gasteiger partial charge in [0.15, 0.2) is 0 Å². The predicted molar refractivity (Wildman–Crippen MR) is 55.7 cm³/mol. The summed E-state index contributed by atoms with van der Waals surface area (Å²) < 4.78 is 0. The first-order valence-corrected chi connectivity index (χ1v) is 5.42. The van der Waals surface area contributed by atoms with Gasteiger partial charge in [-0.15, -0.1) is 0 Å². The minimum absolute atomic E-state index is 0.0220. The zero-order chi connectivity index (χ0) is 10.7. The molecule has 0 unspecified atom stereocenters. The lowest BCUT2D eigenvalue weighted by Gasteiger charge is -2.27. The second kappa shape index (κ2) is 4.94. The molecule has 1 aliphatic carbocycles. The Morgan fingerprint density at radius 1 is 1.21 bits per heavy atom. The smallest absolute Gasteiger partial charge is 0.427 e. The van der Waals surface area contributed by atoms with E-state index >= 15 is 0 Å². The van der Waals surface area contributed by atoms with Crippen LogP contribution in [-0.4, -0.2) is 22.9 Å². The molecule has 1 rings (SSSR count). The summed E-state index contributed by atoms with van der Waals surface area (Å²) in [5, 5.41) is 18.0. The van der Waals surface area contributed by atoms with E-state index in [1.807, 2.05) is 13.8 Å². The quantitative estimate of drug-likeness (QED) is 0.671. The molecule has 1 fully saturated rings. The first-order chi connectivity index (χ1) is 6.52. The average molecular weight is 198 g/mol. The number of carbonyl (C=O) groups is 1. The molecule has 0 aromatic rings. The molecule has 1 aliphatic rings. The third-order valence-electron chi connectivity index (χ3n) is 3.16. The summed E-state index contributed by atoms with van der Waals surface area (Å²) in [6, 6.07) is 0. The molecular weight excluding hydrogens is 179 g/mol. The molecule has 0 amide bonds. The van der Waals surface area contributed by atoms with Crippen LogP contribution < -0.4 is 0 Å². The topological polar surface area (TPSA) is 57.5 Å². The van der Waals surface area contributed by atoms with Crippen LogP contribution in [-0.2, 0) is 4.79 Å². The highest BCUT2D eigenvalue weighted by Crippen LogP contribution is 2.34. The summed E-state index contributed by atoms with van der Waals surface area (Å²) in [6.45, 7) is 3.85. The Balaban J connectivity index is 2.39.